The molecular formula is C19H28O3. The summed E-state index contributed by atoms with van der Waals surface area (Å²) in [4.78, 5) is 22.7. The highest BCUT2D eigenvalue weighted by atomic mass is 17.2. The van der Waals surface area contributed by atoms with Crippen LogP contribution in [0.25, 0.3) is 0 Å². The van der Waals surface area contributed by atoms with Gasteiger partial charge in [0.1, 0.15) is 5.60 Å². The average molecular weight is 304 g/mol. The maximum Gasteiger partial charge on any atom is 0.165 e. The van der Waals surface area contributed by atoms with Gasteiger partial charge in [-0.05, 0) is 52.5 Å². The number of carbonyl (C=O) groups excluding carboxylic acids is 1. The highest BCUT2D eigenvalue weighted by Crippen LogP contribution is 2.45. The standard InChI is InChI=1S/C19H28O3/c1-13(2)8-6-9-14(3)10-7-11-19(5)16-12-17(20)18(15(16)4)21-22-19/h7-8,10-11,15-16,18H,6,9,12H2,1-5H3. The average Bonchev–Trinajstić information content (AvgIpc) is 2.63. The molecule has 122 valence electrons. The highest BCUT2D eigenvalue weighted by molar-refractivity contribution is 5.86. The quantitative estimate of drug-likeness (QED) is 0.424. The lowest BCUT2D eigenvalue weighted by Crippen LogP contribution is -2.45. The minimum absolute atomic E-state index is 0.170. The van der Waals surface area contributed by atoms with Crippen molar-refractivity contribution in [2.24, 2.45) is 11.8 Å². The Labute approximate surface area is 134 Å². The number of hydrogen-bond donors (Lipinski definition) is 0. The minimum Gasteiger partial charge on any atom is -0.297 e. The van der Waals surface area contributed by atoms with Gasteiger partial charge in [-0.3, -0.25) is 4.79 Å². The molecule has 1 aliphatic heterocycles. The molecule has 1 heterocycles. The van der Waals surface area contributed by atoms with Crippen LogP contribution >= 0.6 is 0 Å². The van der Waals surface area contributed by atoms with E-state index in [0.717, 1.165) is 12.8 Å². The molecule has 0 N–H and O–H groups in total. The molecule has 22 heavy (non-hydrogen) atoms. The summed E-state index contributed by atoms with van der Waals surface area (Å²) < 4.78 is 0. The number of ketones is 1. The Bertz CT molecular complexity index is 511. The van der Waals surface area contributed by atoms with E-state index in [-0.39, 0.29) is 23.7 Å². The van der Waals surface area contributed by atoms with Gasteiger partial charge in [0.05, 0.1) is 0 Å². The van der Waals surface area contributed by atoms with Gasteiger partial charge in [0.15, 0.2) is 11.9 Å². The fourth-order valence-electron chi connectivity index (χ4n) is 3.33. The summed E-state index contributed by atoms with van der Waals surface area (Å²) in [7, 11) is 0. The second-order valence-electron chi connectivity index (χ2n) is 7.11. The van der Waals surface area contributed by atoms with Crippen molar-refractivity contribution in [3.8, 4) is 0 Å². The molecule has 4 unspecified atom stereocenters. The Morgan fingerprint density at radius 3 is 2.77 bits per heavy atom. The first-order valence-electron chi connectivity index (χ1n) is 8.19. The molecule has 0 spiro atoms. The summed E-state index contributed by atoms with van der Waals surface area (Å²) in [5.41, 5.74) is 2.18. The van der Waals surface area contributed by atoms with Gasteiger partial charge in [0.2, 0.25) is 0 Å². The van der Waals surface area contributed by atoms with Crippen LogP contribution in [0.3, 0.4) is 0 Å². The van der Waals surface area contributed by atoms with Crippen molar-refractivity contribution in [3.63, 3.8) is 0 Å². The third-order valence-corrected chi connectivity index (χ3v) is 4.82. The number of Topliss-reactive ketones (excluding diaryl/α,β-unsaturated/α-hetero) is 1. The van der Waals surface area contributed by atoms with E-state index in [2.05, 4.69) is 39.8 Å². The molecule has 0 aromatic rings. The normalized spacial score (nSPS) is 35.2. The third-order valence-electron chi connectivity index (χ3n) is 4.82. The molecule has 2 bridgehead atoms. The third kappa shape index (κ3) is 3.76. The Hall–Kier alpha value is -1.19. The molecule has 3 heteroatoms. The van der Waals surface area contributed by atoms with Crippen LogP contribution in [0, 0.1) is 11.8 Å². The van der Waals surface area contributed by atoms with Crippen LogP contribution in [0.2, 0.25) is 0 Å². The molecule has 0 aromatic heterocycles. The predicted molar refractivity (Wildman–Crippen MR) is 88.2 cm³/mol. The highest BCUT2D eigenvalue weighted by Gasteiger charge is 2.54. The summed E-state index contributed by atoms with van der Waals surface area (Å²) in [6.07, 6.45) is 10.8. The number of allylic oxidation sites excluding steroid dienone is 5. The fourth-order valence-corrected chi connectivity index (χ4v) is 3.33. The van der Waals surface area contributed by atoms with Crippen molar-refractivity contribution in [1.82, 2.24) is 0 Å². The Morgan fingerprint density at radius 2 is 2.09 bits per heavy atom. The van der Waals surface area contributed by atoms with Crippen LogP contribution in [-0.2, 0) is 14.6 Å². The van der Waals surface area contributed by atoms with Crippen molar-refractivity contribution in [2.75, 3.05) is 0 Å². The monoisotopic (exact) mass is 304 g/mol. The lowest BCUT2D eigenvalue weighted by Gasteiger charge is -2.38. The largest absolute Gasteiger partial charge is 0.297 e. The topological polar surface area (TPSA) is 35.5 Å². The van der Waals surface area contributed by atoms with Crippen LogP contribution in [-0.4, -0.2) is 17.5 Å². The molecular weight excluding hydrogens is 276 g/mol. The molecule has 3 nitrogen and oxygen atoms in total. The SMILES string of the molecule is CC(C)=CCCC(C)=CC=CC1(C)OOC2C(=O)CC1C2C. The second-order valence-corrected chi connectivity index (χ2v) is 7.11. The lowest BCUT2D eigenvalue weighted by atomic mass is 9.81. The zero-order valence-electron chi connectivity index (χ0n) is 14.4. The summed E-state index contributed by atoms with van der Waals surface area (Å²) in [5, 5.41) is 0. The first-order chi connectivity index (χ1) is 10.3. The Kier molecular flexibility index (Phi) is 5.41. The summed E-state index contributed by atoms with van der Waals surface area (Å²) in [5.74, 6) is 0.594. The number of hydrogen-bond acceptors (Lipinski definition) is 3. The maximum atomic E-state index is 11.9. The predicted octanol–water partition coefficient (Wildman–Crippen LogP) is 4.55. The van der Waals surface area contributed by atoms with Crippen molar-refractivity contribution in [3.05, 3.63) is 35.5 Å². The first kappa shape index (κ1) is 17.2. The van der Waals surface area contributed by atoms with E-state index in [4.69, 9.17) is 9.78 Å². The van der Waals surface area contributed by atoms with Gasteiger partial charge in [-0.2, -0.15) is 0 Å². The van der Waals surface area contributed by atoms with Gasteiger partial charge in [0.25, 0.3) is 0 Å². The van der Waals surface area contributed by atoms with E-state index >= 15 is 0 Å². The van der Waals surface area contributed by atoms with Gasteiger partial charge in [-0.25, -0.2) is 9.78 Å². The molecule has 2 fully saturated rings. The van der Waals surface area contributed by atoms with Crippen molar-refractivity contribution < 1.29 is 14.6 Å². The molecule has 2 rings (SSSR count). The van der Waals surface area contributed by atoms with Crippen molar-refractivity contribution in [2.45, 2.75) is 65.6 Å². The summed E-state index contributed by atoms with van der Waals surface area (Å²) in [6.45, 7) is 10.5. The van der Waals surface area contributed by atoms with Crippen molar-refractivity contribution in [1.29, 1.82) is 0 Å². The molecule has 4 atom stereocenters. The Morgan fingerprint density at radius 1 is 1.36 bits per heavy atom. The molecule has 1 saturated carbocycles. The molecule has 0 aromatic carbocycles. The van der Waals surface area contributed by atoms with Gasteiger partial charge in [0, 0.05) is 12.3 Å². The van der Waals surface area contributed by atoms with Crippen LogP contribution in [0.15, 0.2) is 35.5 Å². The fraction of sp³-hybridized carbons (Fsp3) is 0.632. The van der Waals surface area contributed by atoms with Crippen LogP contribution in [0.1, 0.15) is 53.9 Å². The van der Waals surface area contributed by atoms with E-state index < -0.39 is 5.60 Å². The molecule has 0 radical (unpaired) electrons. The van der Waals surface area contributed by atoms with E-state index in [0.29, 0.717) is 6.42 Å². The second kappa shape index (κ2) is 6.93. The number of fused-ring (bicyclic) bond motifs is 2. The van der Waals surface area contributed by atoms with E-state index in [1.54, 1.807) is 0 Å². The van der Waals surface area contributed by atoms with E-state index in [1.165, 1.54) is 11.1 Å². The van der Waals surface area contributed by atoms with E-state index in [9.17, 15) is 4.79 Å². The summed E-state index contributed by atoms with van der Waals surface area (Å²) >= 11 is 0. The molecule has 1 saturated heterocycles. The van der Waals surface area contributed by atoms with Crippen LogP contribution < -0.4 is 0 Å². The number of rotatable bonds is 5. The lowest BCUT2D eigenvalue weighted by molar-refractivity contribution is -0.400. The van der Waals surface area contributed by atoms with Crippen LogP contribution in [0.4, 0.5) is 0 Å². The summed E-state index contributed by atoms with van der Waals surface area (Å²) in [6, 6.07) is 0. The minimum atomic E-state index is -0.515. The molecule has 1 aliphatic carbocycles. The first-order valence-corrected chi connectivity index (χ1v) is 8.19. The Balaban J connectivity index is 1.97. The van der Waals surface area contributed by atoms with Gasteiger partial charge in [-0.15, -0.1) is 0 Å². The maximum absolute atomic E-state index is 11.9. The zero-order chi connectivity index (χ0) is 16.3. The molecule has 0 amide bonds. The molecule has 2 aliphatic rings. The van der Waals surface area contributed by atoms with Gasteiger partial charge < -0.3 is 0 Å². The van der Waals surface area contributed by atoms with Crippen LogP contribution in [0.5, 0.6) is 0 Å². The van der Waals surface area contributed by atoms with Gasteiger partial charge in [-0.1, -0.05) is 36.3 Å². The smallest absolute Gasteiger partial charge is 0.165 e. The number of carbonyl (C=O) groups is 1. The van der Waals surface area contributed by atoms with Gasteiger partial charge >= 0.3 is 0 Å². The van der Waals surface area contributed by atoms with E-state index in [1.807, 2.05) is 19.1 Å². The van der Waals surface area contributed by atoms with Crippen molar-refractivity contribution >= 4 is 5.78 Å². The zero-order valence-corrected chi connectivity index (χ0v) is 14.4.